The predicted molar refractivity (Wildman–Crippen MR) is 93.9 cm³/mol. The number of benzene rings is 1. The largest absolute Gasteiger partial charge is 0.342 e. The third-order valence-electron chi connectivity index (χ3n) is 5.89. The number of likely N-dealkylation sites (tertiary alicyclic amines) is 1. The molecule has 2 heterocycles. The van der Waals surface area contributed by atoms with Crippen molar-refractivity contribution in [2.24, 2.45) is 11.3 Å². The van der Waals surface area contributed by atoms with Crippen molar-refractivity contribution in [1.29, 1.82) is 0 Å². The summed E-state index contributed by atoms with van der Waals surface area (Å²) >= 11 is 0. The Morgan fingerprint density at radius 2 is 1.79 bits per heavy atom. The van der Waals surface area contributed by atoms with E-state index in [0.29, 0.717) is 5.92 Å². The molecule has 0 unspecified atom stereocenters. The summed E-state index contributed by atoms with van der Waals surface area (Å²) in [5.41, 5.74) is 1.57. The number of aromatic nitrogens is 2. The summed E-state index contributed by atoms with van der Waals surface area (Å²) in [6.45, 7) is 5.66. The summed E-state index contributed by atoms with van der Waals surface area (Å²) in [6, 6.07) is 7.99. The minimum absolute atomic E-state index is 0.0423. The van der Waals surface area contributed by atoms with Crippen LogP contribution in [0.5, 0.6) is 0 Å². The Balaban J connectivity index is 1.51. The number of para-hydroxylation sites is 2. The van der Waals surface area contributed by atoms with Crippen molar-refractivity contribution < 1.29 is 4.79 Å². The summed E-state index contributed by atoms with van der Waals surface area (Å²) in [5.74, 6) is 0.841. The fourth-order valence-electron chi connectivity index (χ4n) is 4.15. The van der Waals surface area contributed by atoms with Crippen LogP contribution in [0.3, 0.4) is 0 Å². The third kappa shape index (κ3) is 2.46. The van der Waals surface area contributed by atoms with Crippen molar-refractivity contribution >= 4 is 16.9 Å². The molecule has 1 aliphatic heterocycles. The number of rotatable bonds is 3. The molecule has 128 valence electrons. The second-order valence-electron chi connectivity index (χ2n) is 7.84. The number of imidazole rings is 1. The molecule has 5 nitrogen and oxygen atoms in total. The van der Waals surface area contributed by atoms with Gasteiger partial charge in [0.1, 0.15) is 0 Å². The Kier molecular flexibility index (Phi) is 3.55. The van der Waals surface area contributed by atoms with Gasteiger partial charge >= 0.3 is 5.69 Å². The van der Waals surface area contributed by atoms with Gasteiger partial charge in [0.15, 0.2) is 0 Å². The van der Waals surface area contributed by atoms with Crippen molar-refractivity contribution in [2.75, 3.05) is 13.1 Å². The van der Waals surface area contributed by atoms with Crippen LogP contribution in [0.1, 0.15) is 45.6 Å². The van der Waals surface area contributed by atoms with Gasteiger partial charge < -0.3 is 9.88 Å². The number of amides is 1. The lowest BCUT2D eigenvalue weighted by Gasteiger charge is -2.37. The fourth-order valence-corrected chi connectivity index (χ4v) is 4.15. The molecule has 1 saturated carbocycles. The first-order chi connectivity index (χ1) is 11.5. The van der Waals surface area contributed by atoms with Gasteiger partial charge in [-0.2, -0.15) is 0 Å². The lowest BCUT2D eigenvalue weighted by atomic mass is 9.85. The highest BCUT2D eigenvalue weighted by Crippen LogP contribution is 2.46. The molecule has 5 heteroatoms. The summed E-state index contributed by atoms with van der Waals surface area (Å²) in [4.78, 5) is 30.1. The Morgan fingerprint density at radius 3 is 2.46 bits per heavy atom. The molecule has 1 saturated heterocycles. The Labute approximate surface area is 141 Å². The molecular weight excluding hydrogens is 302 g/mol. The van der Waals surface area contributed by atoms with Gasteiger partial charge in [0.2, 0.25) is 5.91 Å². The van der Waals surface area contributed by atoms with Crippen molar-refractivity contribution in [3.8, 4) is 0 Å². The summed E-state index contributed by atoms with van der Waals surface area (Å²) < 4.78 is 1.88. The second-order valence-corrected chi connectivity index (χ2v) is 7.84. The van der Waals surface area contributed by atoms with E-state index < -0.39 is 0 Å². The number of H-pyrrole nitrogens is 1. The standard InChI is InChI=1S/C19H25N3O2/c1-19(2,13-7-8-13)17(23)21-11-9-14(10-12-21)22-16-6-4-3-5-15(16)20-18(22)24/h3-6,13-14H,7-12H2,1-2H3,(H,20,24). The normalized spacial score (nSPS) is 19.8. The molecule has 4 rings (SSSR count). The zero-order valence-corrected chi connectivity index (χ0v) is 14.4. The molecule has 2 aromatic rings. The summed E-state index contributed by atoms with van der Waals surface area (Å²) in [6.07, 6.45) is 4.04. The molecular formula is C19H25N3O2. The van der Waals surface area contributed by atoms with Crippen molar-refractivity contribution in [1.82, 2.24) is 14.5 Å². The topological polar surface area (TPSA) is 58.1 Å². The van der Waals surface area contributed by atoms with E-state index in [4.69, 9.17) is 0 Å². The molecule has 24 heavy (non-hydrogen) atoms. The maximum atomic E-state index is 12.8. The van der Waals surface area contributed by atoms with Crippen molar-refractivity contribution in [2.45, 2.75) is 45.6 Å². The highest BCUT2D eigenvalue weighted by Gasteiger charge is 2.45. The van der Waals surface area contributed by atoms with E-state index in [1.165, 1.54) is 12.8 Å². The first-order valence-electron chi connectivity index (χ1n) is 8.97. The van der Waals surface area contributed by atoms with Crippen LogP contribution in [0.15, 0.2) is 29.1 Å². The van der Waals surface area contributed by atoms with Crippen molar-refractivity contribution in [3.05, 3.63) is 34.7 Å². The number of hydrogen-bond donors (Lipinski definition) is 1. The number of carbonyl (C=O) groups excluding carboxylic acids is 1. The zero-order valence-electron chi connectivity index (χ0n) is 14.4. The van der Waals surface area contributed by atoms with Crippen molar-refractivity contribution in [3.63, 3.8) is 0 Å². The van der Waals surface area contributed by atoms with Gasteiger partial charge in [0, 0.05) is 24.5 Å². The van der Waals surface area contributed by atoms with Gasteiger partial charge in [0.05, 0.1) is 11.0 Å². The average Bonchev–Trinajstić information content (AvgIpc) is 3.38. The number of piperidine rings is 1. The van der Waals surface area contributed by atoms with Crippen LogP contribution >= 0.6 is 0 Å². The Hall–Kier alpha value is -2.04. The van der Waals surface area contributed by atoms with E-state index in [-0.39, 0.29) is 23.1 Å². The number of nitrogens with zero attached hydrogens (tertiary/aromatic N) is 2. The SMILES string of the molecule is CC(C)(C(=O)N1CCC(n2c(=O)[nH]c3ccccc32)CC1)C1CC1. The van der Waals surface area contributed by atoms with E-state index >= 15 is 0 Å². The smallest absolute Gasteiger partial charge is 0.326 e. The lowest BCUT2D eigenvalue weighted by molar-refractivity contribution is -0.142. The highest BCUT2D eigenvalue weighted by atomic mass is 16.2. The van der Waals surface area contributed by atoms with Gasteiger partial charge in [-0.3, -0.25) is 9.36 Å². The maximum Gasteiger partial charge on any atom is 0.326 e. The van der Waals surface area contributed by atoms with Crippen LogP contribution in [-0.2, 0) is 4.79 Å². The van der Waals surface area contributed by atoms with Gasteiger partial charge in [-0.15, -0.1) is 0 Å². The molecule has 1 aromatic carbocycles. The van der Waals surface area contributed by atoms with Gasteiger partial charge in [-0.25, -0.2) is 4.79 Å². The zero-order chi connectivity index (χ0) is 16.9. The predicted octanol–water partition coefficient (Wildman–Crippen LogP) is 2.93. The van der Waals surface area contributed by atoms with Gasteiger partial charge in [0.25, 0.3) is 0 Å². The molecule has 1 aliphatic carbocycles. The molecule has 0 radical (unpaired) electrons. The maximum absolute atomic E-state index is 12.8. The van der Waals surface area contributed by atoms with Crippen LogP contribution < -0.4 is 5.69 Å². The second kappa shape index (κ2) is 5.50. The third-order valence-corrected chi connectivity index (χ3v) is 5.89. The minimum Gasteiger partial charge on any atom is -0.342 e. The van der Waals surface area contributed by atoms with Crippen LogP contribution in [0.2, 0.25) is 0 Å². The van der Waals surface area contributed by atoms with E-state index in [1.807, 2.05) is 33.7 Å². The molecule has 0 bridgehead atoms. The Bertz CT molecular complexity index is 820. The number of carbonyl (C=O) groups is 1. The first kappa shape index (κ1) is 15.5. The number of fused-ring (bicyclic) bond motifs is 1. The van der Waals surface area contributed by atoms with E-state index in [0.717, 1.165) is 37.0 Å². The van der Waals surface area contributed by atoms with Crippen LogP contribution in [0, 0.1) is 11.3 Å². The van der Waals surface area contributed by atoms with Gasteiger partial charge in [-0.1, -0.05) is 26.0 Å². The summed E-state index contributed by atoms with van der Waals surface area (Å²) in [7, 11) is 0. The quantitative estimate of drug-likeness (QED) is 0.942. The molecule has 1 N–H and O–H groups in total. The first-order valence-corrected chi connectivity index (χ1v) is 8.97. The monoisotopic (exact) mass is 327 g/mol. The number of hydrogen-bond acceptors (Lipinski definition) is 2. The fraction of sp³-hybridized carbons (Fsp3) is 0.579. The average molecular weight is 327 g/mol. The lowest BCUT2D eigenvalue weighted by Crippen LogP contribution is -2.46. The molecule has 2 fully saturated rings. The van der Waals surface area contributed by atoms with Crippen LogP contribution in [-0.4, -0.2) is 33.4 Å². The molecule has 1 aromatic heterocycles. The molecule has 2 aliphatic rings. The van der Waals surface area contributed by atoms with Crippen LogP contribution in [0.4, 0.5) is 0 Å². The molecule has 1 amide bonds. The number of aromatic amines is 1. The Morgan fingerprint density at radius 1 is 1.12 bits per heavy atom. The van der Waals surface area contributed by atoms with E-state index in [9.17, 15) is 9.59 Å². The minimum atomic E-state index is -0.232. The van der Waals surface area contributed by atoms with E-state index in [1.54, 1.807) is 0 Å². The molecule has 0 atom stereocenters. The summed E-state index contributed by atoms with van der Waals surface area (Å²) in [5, 5.41) is 0. The molecule has 0 spiro atoms. The highest BCUT2D eigenvalue weighted by molar-refractivity contribution is 5.82. The van der Waals surface area contributed by atoms with Crippen LogP contribution in [0.25, 0.3) is 11.0 Å². The van der Waals surface area contributed by atoms with Gasteiger partial charge in [-0.05, 0) is 43.7 Å². The van der Waals surface area contributed by atoms with E-state index in [2.05, 4.69) is 18.8 Å². The number of nitrogens with one attached hydrogen (secondary N) is 1.